The number of nitrogens with zero attached hydrogens (tertiary/aromatic N) is 1. The number of benzene rings is 2. The van der Waals surface area contributed by atoms with E-state index in [4.69, 9.17) is 19.5 Å². The summed E-state index contributed by atoms with van der Waals surface area (Å²) in [5.41, 5.74) is 1.50. The van der Waals surface area contributed by atoms with Crippen LogP contribution in [0.2, 0.25) is 0 Å². The van der Waals surface area contributed by atoms with Crippen LogP contribution in [0.25, 0.3) is 0 Å². The average molecular weight is 283 g/mol. The van der Waals surface area contributed by atoms with E-state index in [1.807, 2.05) is 31.2 Å². The quantitative estimate of drug-likeness (QED) is 0.813. The van der Waals surface area contributed by atoms with Gasteiger partial charge < -0.3 is 14.2 Å². The molecule has 0 aliphatic rings. The second kappa shape index (κ2) is 7.20. The molecule has 0 aromatic heterocycles. The summed E-state index contributed by atoms with van der Waals surface area (Å²) in [5, 5.41) is 8.93. The van der Waals surface area contributed by atoms with Crippen LogP contribution in [-0.4, -0.2) is 13.7 Å². The van der Waals surface area contributed by atoms with Crippen LogP contribution in [0.15, 0.2) is 42.5 Å². The predicted octanol–water partition coefficient (Wildman–Crippen LogP) is 3.54. The van der Waals surface area contributed by atoms with E-state index in [0.29, 0.717) is 30.3 Å². The molecule has 0 aliphatic heterocycles. The molecule has 0 spiro atoms. The molecule has 0 N–H and O–H groups in total. The van der Waals surface area contributed by atoms with Gasteiger partial charge in [0.1, 0.15) is 12.4 Å². The number of ether oxygens (including phenoxy) is 3. The lowest BCUT2D eigenvalue weighted by atomic mass is 10.2. The number of rotatable bonds is 6. The van der Waals surface area contributed by atoms with Crippen molar-refractivity contribution < 1.29 is 14.2 Å². The van der Waals surface area contributed by atoms with Crippen molar-refractivity contribution in [2.45, 2.75) is 13.5 Å². The van der Waals surface area contributed by atoms with E-state index >= 15 is 0 Å². The van der Waals surface area contributed by atoms with Gasteiger partial charge in [0.25, 0.3) is 0 Å². The van der Waals surface area contributed by atoms with Crippen LogP contribution < -0.4 is 14.2 Å². The summed E-state index contributed by atoms with van der Waals surface area (Å²) in [5.74, 6) is 1.97. The smallest absolute Gasteiger partial charge is 0.162 e. The summed E-state index contributed by atoms with van der Waals surface area (Å²) in [6, 6.07) is 14.9. The van der Waals surface area contributed by atoms with Gasteiger partial charge >= 0.3 is 0 Å². The average Bonchev–Trinajstić information content (AvgIpc) is 2.54. The van der Waals surface area contributed by atoms with E-state index in [9.17, 15) is 0 Å². The van der Waals surface area contributed by atoms with Crippen LogP contribution in [0.5, 0.6) is 17.2 Å². The third kappa shape index (κ3) is 3.67. The Kier molecular flexibility index (Phi) is 5.05. The molecular formula is C17H17NO3. The van der Waals surface area contributed by atoms with Gasteiger partial charge in [-0.1, -0.05) is 18.2 Å². The summed E-state index contributed by atoms with van der Waals surface area (Å²) >= 11 is 0. The molecule has 2 aromatic carbocycles. The van der Waals surface area contributed by atoms with Crippen LogP contribution >= 0.6 is 0 Å². The third-order valence-corrected chi connectivity index (χ3v) is 2.95. The largest absolute Gasteiger partial charge is 0.496 e. The lowest BCUT2D eigenvalue weighted by Crippen LogP contribution is -2.01. The van der Waals surface area contributed by atoms with E-state index in [1.54, 1.807) is 25.3 Å². The topological polar surface area (TPSA) is 51.5 Å². The zero-order chi connectivity index (χ0) is 15.1. The minimum absolute atomic E-state index is 0.371. The van der Waals surface area contributed by atoms with Gasteiger partial charge in [0.05, 0.1) is 25.3 Å². The number of nitriles is 1. The Labute approximate surface area is 124 Å². The van der Waals surface area contributed by atoms with Gasteiger partial charge in [-0.15, -0.1) is 0 Å². The molecule has 4 heteroatoms. The Morgan fingerprint density at radius 3 is 2.52 bits per heavy atom. The van der Waals surface area contributed by atoms with Crippen molar-refractivity contribution in [3.8, 4) is 23.3 Å². The Bertz CT molecular complexity index is 647. The molecule has 0 unspecified atom stereocenters. The molecule has 0 saturated heterocycles. The highest BCUT2D eigenvalue weighted by atomic mass is 16.5. The maximum Gasteiger partial charge on any atom is 0.162 e. The zero-order valence-electron chi connectivity index (χ0n) is 12.1. The fourth-order valence-corrected chi connectivity index (χ4v) is 1.94. The van der Waals surface area contributed by atoms with Crippen molar-refractivity contribution in [2.24, 2.45) is 0 Å². The van der Waals surface area contributed by atoms with Crippen molar-refractivity contribution in [1.29, 1.82) is 5.26 Å². The van der Waals surface area contributed by atoms with Crippen LogP contribution in [-0.2, 0) is 6.61 Å². The normalized spacial score (nSPS) is 9.76. The first-order valence-electron chi connectivity index (χ1n) is 6.70. The highest BCUT2D eigenvalue weighted by Crippen LogP contribution is 2.30. The Hall–Kier alpha value is -2.67. The Morgan fingerprint density at radius 2 is 1.81 bits per heavy atom. The first-order valence-corrected chi connectivity index (χ1v) is 6.70. The van der Waals surface area contributed by atoms with E-state index in [2.05, 4.69) is 6.07 Å². The molecule has 21 heavy (non-hydrogen) atoms. The molecule has 0 bridgehead atoms. The molecule has 4 nitrogen and oxygen atoms in total. The maximum atomic E-state index is 8.93. The fraction of sp³-hybridized carbons (Fsp3) is 0.235. The molecular weight excluding hydrogens is 266 g/mol. The van der Waals surface area contributed by atoms with Crippen LogP contribution in [0.1, 0.15) is 18.1 Å². The molecule has 0 amide bonds. The molecule has 0 saturated carbocycles. The van der Waals surface area contributed by atoms with Crippen molar-refractivity contribution in [2.75, 3.05) is 13.7 Å². The molecule has 0 radical (unpaired) electrons. The van der Waals surface area contributed by atoms with Gasteiger partial charge in [0.15, 0.2) is 11.5 Å². The highest BCUT2D eigenvalue weighted by Gasteiger charge is 2.08. The standard InChI is InChI=1S/C17H17NO3/c1-3-20-17-10-13(11-18)8-9-16(17)21-12-14-6-4-5-7-15(14)19-2/h4-10H,3,12H2,1-2H3. The van der Waals surface area contributed by atoms with Gasteiger partial charge in [-0.25, -0.2) is 0 Å². The van der Waals surface area contributed by atoms with Crippen molar-refractivity contribution in [3.63, 3.8) is 0 Å². The Morgan fingerprint density at radius 1 is 1.00 bits per heavy atom. The van der Waals surface area contributed by atoms with Crippen LogP contribution in [0.3, 0.4) is 0 Å². The molecule has 2 aromatic rings. The summed E-state index contributed by atoms with van der Waals surface area (Å²) in [4.78, 5) is 0. The summed E-state index contributed by atoms with van der Waals surface area (Å²) in [6.07, 6.45) is 0. The van der Waals surface area contributed by atoms with Crippen molar-refractivity contribution in [3.05, 3.63) is 53.6 Å². The van der Waals surface area contributed by atoms with Gasteiger partial charge in [-0.3, -0.25) is 0 Å². The molecule has 2 rings (SSSR count). The lowest BCUT2D eigenvalue weighted by Gasteiger charge is -2.13. The number of para-hydroxylation sites is 1. The second-order valence-electron chi connectivity index (χ2n) is 4.31. The summed E-state index contributed by atoms with van der Waals surface area (Å²) in [7, 11) is 1.63. The van der Waals surface area contributed by atoms with Crippen LogP contribution in [0.4, 0.5) is 0 Å². The van der Waals surface area contributed by atoms with Gasteiger partial charge in [0, 0.05) is 11.6 Å². The van der Waals surface area contributed by atoms with Gasteiger partial charge in [-0.05, 0) is 25.1 Å². The second-order valence-corrected chi connectivity index (χ2v) is 4.31. The Balaban J connectivity index is 2.17. The fourth-order valence-electron chi connectivity index (χ4n) is 1.94. The molecule has 0 atom stereocenters. The van der Waals surface area contributed by atoms with Crippen molar-refractivity contribution >= 4 is 0 Å². The molecule has 0 aliphatic carbocycles. The van der Waals surface area contributed by atoms with Crippen LogP contribution in [0, 0.1) is 11.3 Å². The van der Waals surface area contributed by atoms with E-state index in [1.165, 1.54) is 0 Å². The van der Waals surface area contributed by atoms with Gasteiger partial charge in [-0.2, -0.15) is 5.26 Å². The first-order chi connectivity index (χ1) is 10.3. The van der Waals surface area contributed by atoms with Gasteiger partial charge in [0.2, 0.25) is 0 Å². The molecule has 0 fully saturated rings. The highest BCUT2D eigenvalue weighted by molar-refractivity contribution is 5.47. The minimum Gasteiger partial charge on any atom is -0.496 e. The number of hydrogen-bond acceptors (Lipinski definition) is 4. The SMILES string of the molecule is CCOc1cc(C#N)ccc1OCc1ccccc1OC. The number of methoxy groups -OCH3 is 1. The van der Waals surface area contributed by atoms with E-state index < -0.39 is 0 Å². The predicted molar refractivity (Wildman–Crippen MR) is 79.7 cm³/mol. The van der Waals surface area contributed by atoms with Crippen molar-refractivity contribution in [1.82, 2.24) is 0 Å². The molecule has 0 heterocycles. The summed E-state index contributed by atoms with van der Waals surface area (Å²) in [6.45, 7) is 2.78. The maximum absolute atomic E-state index is 8.93. The van der Waals surface area contributed by atoms with E-state index in [0.717, 1.165) is 11.3 Å². The zero-order valence-corrected chi connectivity index (χ0v) is 12.1. The third-order valence-electron chi connectivity index (χ3n) is 2.95. The molecule has 108 valence electrons. The summed E-state index contributed by atoms with van der Waals surface area (Å²) < 4.78 is 16.6. The number of hydrogen-bond donors (Lipinski definition) is 0. The lowest BCUT2D eigenvalue weighted by molar-refractivity contribution is 0.265. The first kappa shape index (κ1) is 14.7. The monoisotopic (exact) mass is 283 g/mol. The minimum atomic E-state index is 0.371. The van der Waals surface area contributed by atoms with E-state index in [-0.39, 0.29) is 0 Å².